The number of nitrogens with zero attached hydrogens (tertiary/aromatic N) is 4. The maximum absolute atomic E-state index is 5.45. The zero-order valence-electron chi connectivity index (χ0n) is 8.10. The van der Waals surface area contributed by atoms with Crippen LogP contribution in [0.15, 0.2) is 18.6 Å². The van der Waals surface area contributed by atoms with Crippen LogP contribution >= 0.6 is 0 Å². The van der Waals surface area contributed by atoms with Gasteiger partial charge in [-0.15, -0.1) is 0 Å². The van der Waals surface area contributed by atoms with Gasteiger partial charge < -0.3 is 5.73 Å². The highest BCUT2D eigenvalue weighted by molar-refractivity contribution is 5.60. The van der Waals surface area contributed by atoms with Crippen LogP contribution in [0.1, 0.15) is 5.69 Å². The third kappa shape index (κ3) is 1.32. The van der Waals surface area contributed by atoms with Gasteiger partial charge in [-0.1, -0.05) is 0 Å². The molecule has 0 aliphatic carbocycles. The highest BCUT2D eigenvalue weighted by Gasteiger charge is 2.07. The van der Waals surface area contributed by atoms with Crippen molar-refractivity contribution in [3.63, 3.8) is 0 Å². The van der Waals surface area contributed by atoms with Gasteiger partial charge in [0.2, 0.25) is 0 Å². The largest absolute Gasteiger partial charge is 0.382 e. The van der Waals surface area contributed by atoms with E-state index in [9.17, 15) is 0 Å². The molecule has 0 radical (unpaired) electrons. The zero-order valence-corrected chi connectivity index (χ0v) is 8.10. The van der Waals surface area contributed by atoms with Gasteiger partial charge >= 0.3 is 0 Å². The molecule has 0 aliphatic heterocycles. The molecule has 0 saturated carbocycles. The molecule has 0 unspecified atom stereocenters. The Balaban J connectivity index is 2.49. The number of hydrogen-bond acceptors (Lipinski definition) is 4. The second kappa shape index (κ2) is 3.10. The Hall–Kier alpha value is -1.91. The van der Waals surface area contributed by atoms with Crippen molar-refractivity contribution in [3.05, 3.63) is 24.3 Å². The molecule has 2 rings (SSSR count). The van der Waals surface area contributed by atoms with E-state index in [-0.39, 0.29) is 0 Å². The predicted molar refractivity (Wildman–Crippen MR) is 53.4 cm³/mol. The van der Waals surface area contributed by atoms with Gasteiger partial charge in [-0.05, 0) is 6.92 Å². The van der Waals surface area contributed by atoms with E-state index in [2.05, 4.69) is 15.1 Å². The summed E-state index contributed by atoms with van der Waals surface area (Å²) in [7, 11) is 1.89. The highest BCUT2D eigenvalue weighted by atomic mass is 15.3. The zero-order chi connectivity index (χ0) is 10.1. The summed E-state index contributed by atoms with van der Waals surface area (Å²) in [6.45, 7) is 1.99. The lowest BCUT2D eigenvalue weighted by Crippen LogP contribution is -1.95. The van der Waals surface area contributed by atoms with Crippen LogP contribution in [0, 0.1) is 6.92 Å². The number of rotatable bonds is 1. The van der Waals surface area contributed by atoms with Gasteiger partial charge in [0.05, 0.1) is 24.3 Å². The van der Waals surface area contributed by atoms with Crippen LogP contribution < -0.4 is 5.73 Å². The van der Waals surface area contributed by atoms with Crippen LogP contribution in [0.3, 0.4) is 0 Å². The SMILES string of the molecule is Cc1c(-c2cnc(N)cn2)cnn1C. The highest BCUT2D eigenvalue weighted by Crippen LogP contribution is 2.19. The van der Waals surface area contributed by atoms with E-state index < -0.39 is 0 Å². The van der Waals surface area contributed by atoms with Crippen molar-refractivity contribution in [1.29, 1.82) is 0 Å². The van der Waals surface area contributed by atoms with Crippen LogP contribution in [-0.2, 0) is 7.05 Å². The average molecular weight is 189 g/mol. The quantitative estimate of drug-likeness (QED) is 0.719. The lowest BCUT2D eigenvalue weighted by atomic mass is 10.2. The molecule has 0 fully saturated rings. The first-order valence-corrected chi connectivity index (χ1v) is 4.25. The average Bonchev–Trinajstić information content (AvgIpc) is 2.50. The van der Waals surface area contributed by atoms with E-state index in [0.29, 0.717) is 5.82 Å². The summed E-state index contributed by atoms with van der Waals surface area (Å²) in [5, 5.41) is 4.13. The summed E-state index contributed by atoms with van der Waals surface area (Å²) in [6, 6.07) is 0. The van der Waals surface area contributed by atoms with Crippen molar-refractivity contribution < 1.29 is 0 Å². The summed E-state index contributed by atoms with van der Waals surface area (Å²) in [5.41, 5.74) is 8.30. The molecule has 0 aliphatic rings. The van der Waals surface area contributed by atoms with E-state index in [1.807, 2.05) is 14.0 Å². The molecule has 0 atom stereocenters. The Labute approximate surface area is 81.6 Å². The fraction of sp³-hybridized carbons (Fsp3) is 0.222. The molecule has 2 aromatic heterocycles. The van der Waals surface area contributed by atoms with Crippen LogP contribution in [0.25, 0.3) is 11.3 Å². The Morgan fingerprint density at radius 1 is 1.21 bits per heavy atom. The number of anilines is 1. The van der Waals surface area contributed by atoms with Crippen molar-refractivity contribution in [2.75, 3.05) is 5.73 Å². The molecule has 14 heavy (non-hydrogen) atoms. The summed E-state index contributed by atoms with van der Waals surface area (Å²) in [4.78, 5) is 8.17. The maximum Gasteiger partial charge on any atom is 0.141 e. The lowest BCUT2D eigenvalue weighted by molar-refractivity contribution is 0.740. The first kappa shape index (κ1) is 8.68. The normalized spacial score (nSPS) is 10.4. The first-order valence-electron chi connectivity index (χ1n) is 4.25. The second-order valence-corrected chi connectivity index (χ2v) is 3.09. The summed E-state index contributed by atoms with van der Waals surface area (Å²) < 4.78 is 1.80. The summed E-state index contributed by atoms with van der Waals surface area (Å²) in [5.74, 6) is 0.426. The van der Waals surface area contributed by atoms with Crippen molar-refractivity contribution in [2.45, 2.75) is 6.92 Å². The van der Waals surface area contributed by atoms with Crippen molar-refractivity contribution in [3.8, 4) is 11.3 Å². The molecule has 72 valence electrons. The van der Waals surface area contributed by atoms with E-state index in [0.717, 1.165) is 17.0 Å². The predicted octanol–water partition coefficient (Wildman–Crippen LogP) is 0.768. The van der Waals surface area contributed by atoms with E-state index in [1.54, 1.807) is 23.3 Å². The molecule has 0 aromatic carbocycles. The summed E-state index contributed by atoms with van der Waals surface area (Å²) >= 11 is 0. The topological polar surface area (TPSA) is 69.6 Å². The first-order chi connectivity index (χ1) is 6.68. The van der Waals surface area contributed by atoms with Gasteiger partial charge in [0, 0.05) is 18.3 Å². The number of aromatic nitrogens is 4. The van der Waals surface area contributed by atoms with Gasteiger partial charge in [-0.3, -0.25) is 9.67 Å². The molecular formula is C9H11N5. The fourth-order valence-corrected chi connectivity index (χ4v) is 1.23. The van der Waals surface area contributed by atoms with Crippen LogP contribution in [0.2, 0.25) is 0 Å². The molecule has 0 amide bonds. The molecular weight excluding hydrogens is 178 g/mol. The van der Waals surface area contributed by atoms with Gasteiger partial charge in [0.15, 0.2) is 0 Å². The molecule has 0 bridgehead atoms. The fourth-order valence-electron chi connectivity index (χ4n) is 1.23. The molecule has 2 N–H and O–H groups in total. The summed E-state index contributed by atoms with van der Waals surface area (Å²) in [6.07, 6.45) is 4.97. The third-order valence-electron chi connectivity index (χ3n) is 2.18. The number of hydrogen-bond donors (Lipinski definition) is 1. The van der Waals surface area contributed by atoms with Crippen LogP contribution in [0.5, 0.6) is 0 Å². The minimum Gasteiger partial charge on any atom is -0.382 e. The standard InChI is InChI=1S/C9H11N5/c1-6-7(3-13-14(6)2)8-4-12-9(10)5-11-8/h3-5H,1-2H3,(H2,10,12). The monoisotopic (exact) mass is 189 g/mol. The molecule has 5 nitrogen and oxygen atoms in total. The number of nitrogens with two attached hydrogens (primary N) is 1. The van der Waals surface area contributed by atoms with Gasteiger partial charge in [-0.25, -0.2) is 4.98 Å². The van der Waals surface area contributed by atoms with Crippen LogP contribution in [0.4, 0.5) is 5.82 Å². The Morgan fingerprint density at radius 3 is 2.50 bits per heavy atom. The minimum atomic E-state index is 0.426. The number of nitrogen functional groups attached to an aromatic ring is 1. The van der Waals surface area contributed by atoms with Crippen molar-refractivity contribution in [1.82, 2.24) is 19.7 Å². The van der Waals surface area contributed by atoms with Gasteiger partial charge in [0.25, 0.3) is 0 Å². The maximum atomic E-state index is 5.45. The molecule has 0 saturated heterocycles. The Morgan fingerprint density at radius 2 is 2.00 bits per heavy atom. The second-order valence-electron chi connectivity index (χ2n) is 3.09. The number of aryl methyl sites for hydroxylation is 1. The van der Waals surface area contributed by atoms with Crippen LogP contribution in [-0.4, -0.2) is 19.7 Å². The molecule has 2 aromatic rings. The van der Waals surface area contributed by atoms with Crippen molar-refractivity contribution >= 4 is 5.82 Å². The lowest BCUT2D eigenvalue weighted by Gasteiger charge is -1.99. The Bertz CT molecular complexity index is 443. The molecule has 0 spiro atoms. The van der Waals surface area contributed by atoms with Gasteiger partial charge in [0.1, 0.15) is 5.82 Å². The van der Waals surface area contributed by atoms with E-state index in [1.165, 1.54) is 0 Å². The smallest absolute Gasteiger partial charge is 0.141 e. The Kier molecular flexibility index (Phi) is 1.92. The third-order valence-corrected chi connectivity index (χ3v) is 2.18. The minimum absolute atomic E-state index is 0.426. The molecule has 5 heteroatoms. The van der Waals surface area contributed by atoms with E-state index in [4.69, 9.17) is 5.73 Å². The van der Waals surface area contributed by atoms with Gasteiger partial charge in [-0.2, -0.15) is 5.10 Å². The van der Waals surface area contributed by atoms with Crippen molar-refractivity contribution in [2.24, 2.45) is 7.05 Å². The van der Waals surface area contributed by atoms with E-state index >= 15 is 0 Å². The molecule has 2 heterocycles.